The molecule has 0 atom stereocenters. The van der Waals surface area contributed by atoms with Crippen molar-refractivity contribution >= 4 is 6.79 Å². The Bertz CT molecular complexity index is 37.4. The Kier molecular flexibility index (Phi) is 51.7. The quantitative estimate of drug-likeness (QED) is 0.611. The molecular formula is C7H18O4. The van der Waals surface area contributed by atoms with Crippen molar-refractivity contribution in [2.24, 2.45) is 0 Å². The van der Waals surface area contributed by atoms with Crippen LogP contribution in [0.3, 0.4) is 0 Å². The molecule has 0 unspecified atom stereocenters. The van der Waals surface area contributed by atoms with E-state index in [-0.39, 0.29) is 13.2 Å². The maximum Gasteiger partial charge on any atom is 0.106 e. The van der Waals surface area contributed by atoms with Gasteiger partial charge in [-0.15, -0.1) is 0 Å². The highest BCUT2D eigenvalue weighted by atomic mass is 16.5. The molecule has 11 heavy (non-hydrogen) atoms. The Morgan fingerprint density at radius 1 is 1.09 bits per heavy atom. The van der Waals surface area contributed by atoms with Crippen LogP contribution < -0.4 is 0 Å². The number of rotatable bonds is 3. The lowest BCUT2D eigenvalue weighted by molar-refractivity contribution is -0.0979. The minimum atomic E-state index is -0.125. The van der Waals surface area contributed by atoms with Crippen molar-refractivity contribution in [2.45, 2.75) is 13.8 Å². The topological polar surface area (TPSA) is 66.8 Å². The molecule has 4 nitrogen and oxygen atoms in total. The Hall–Kier alpha value is -0.450. The largest absolute Gasteiger partial charge is 0.394 e. The van der Waals surface area contributed by atoms with Gasteiger partial charge in [-0.2, -0.15) is 0 Å². The summed E-state index contributed by atoms with van der Waals surface area (Å²) in [6, 6.07) is 0. The van der Waals surface area contributed by atoms with Crippen LogP contribution in [0.25, 0.3) is 0 Å². The van der Waals surface area contributed by atoms with E-state index in [1.165, 1.54) is 0 Å². The first-order valence-corrected chi connectivity index (χ1v) is 3.41. The van der Waals surface area contributed by atoms with Crippen LogP contribution in [0.4, 0.5) is 0 Å². The van der Waals surface area contributed by atoms with Crippen molar-refractivity contribution < 1.29 is 19.7 Å². The van der Waals surface area contributed by atoms with E-state index in [0.717, 1.165) is 13.2 Å². The summed E-state index contributed by atoms with van der Waals surface area (Å²) in [5.41, 5.74) is 0. The average molecular weight is 166 g/mol. The van der Waals surface area contributed by atoms with Crippen LogP contribution in [0.2, 0.25) is 0 Å². The Balaban J connectivity index is -0.0000000965. The highest BCUT2D eigenvalue weighted by Crippen LogP contribution is 1.64. The minimum Gasteiger partial charge on any atom is -0.394 e. The van der Waals surface area contributed by atoms with Crippen molar-refractivity contribution in [1.29, 1.82) is 0 Å². The van der Waals surface area contributed by atoms with Gasteiger partial charge >= 0.3 is 0 Å². The molecule has 0 aliphatic rings. The third kappa shape index (κ3) is 83.7. The zero-order chi connectivity index (χ0) is 9.54. The monoisotopic (exact) mass is 166 g/mol. The number of hydrogen-bond donors (Lipinski definition) is 2. The van der Waals surface area contributed by atoms with Gasteiger partial charge in [0.15, 0.2) is 0 Å². The van der Waals surface area contributed by atoms with Gasteiger partial charge in [-0.1, -0.05) is 0 Å². The fraction of sp³-hybridized carbons (Fsp3) is 0.857. The van der Waals surface area contributed by atoms with Gasteiger partial charge in [0.25, 0.3) is 0 Å². The molecule has 0 fully saturated rings. The summed E-state index contributed by atoms with van der Waals surface area (Å²) in [5, 5.41) is 15.2. The number of aliphatic hydroxyl groups excluding tert-OH is 2. The van der Waals surface area contributed by atoms with Crippen molar-refractivity contribution in [1.82, 2.24) is 0 Å². The van der Waals surface area contributed by atoms with E-state index in [1.807, 2.05) is 20.6 Å². The van der Waals surface area contributed by atoms with Gasteiger partial charge < -0.3 is 19.7 Å². The first-order chi connectivity index (χ1) is 5.33. The molecule has 0 bridgehead atoms. The van der Waals surface area contributed by atoms with Crippen molar-refractivity contribution in [3.63, 3.8) is 0 Å². The van der Waals surface area contributed by atoms with Crippen molar-refractivity contribution in [2.75, 3.05) is 26.4 Å². The van der Waals surface area contributed by atoms with E-state index >= 15 is 0 Å². The van der Waals surface area contributed by atoms with E-state index in [1.54, 1.807) is 0 Å². The fourth-order valence-corrected chi connectivity index (χ4v) is 0.204. The molecule has 70 valence electrons. The highest BCUT2D eigenvalue weighted by molar-refractivity contribution is 5.10. The molecule has 0 rings (SSSR count). The summed E-state index contributed by atoms with van der Waals surface area (Å²) in [5.74, 6) is 0. The summed E-state index contributed by atoms with van der Waals surface area (Å²) in [4.78, 5) is 8.00. The van der Waals surface area contributed by atoms with E-state index < -0.39 is 0 Å². The molecule has 0 aromatic rings. The third-order valence-corrected chi connectivity index (χ3v) is 0.508. The maximum atomic E-state index is 8.00. The molecule has 0 amide bonds. The molecule has 0 aromatic carbocycles. The standard InChI is InChI=1S/C4H10O.C2H6O2.CH2O/c1-3-5-4-2;3-1-2-4;1-2/h3-4H2,1-2H3;3-4H,1-2H2;1H2. The van der Waals surface area contributed by atoms with E-state index in [4.69, 9.17) is 19.7 Å². The molecule has 2 N–H and O–H groups in total. The van der Waals surface area contributed by atoms with Crippen LogP contribution in [0.5, 0.6) is 0 Å². The molecule has 0 radical (unpaired) electrons. The summed E-state index contributed by atoms with van der Waals surface area (Å²) in [6.07, 6.45) is 0. The van der Waals surface area contributed by atoms with Gasteiger partial charge in [0.2, 0.25) is 0 Å². The van der Waals surface area contributed by atoms with Crippen LogP contribution >= 0.6 is 0 Å². The lowest BCUT2D eigenvalue weighted by Gasteiger charge is -1.86. The molecule has 0 saturated heterocycles. The summed E-state index contributed by atoms with van der Waals surface area (Å²) < 4.78 is 4.83. The normalized spacial score (nSPS) is 6.91. The molecule has 0 aromatic heterocycles. The Morgan fingerprint density at radius 2 is 1.36 bits per heavy atom. The van der Waals surface area contributed by atoms with Crippen LogP contribution in [0.1, 0.15) is 13.8 Å². The fourth-order valence-electron chi connectivity index (χ4n) is 0.204. The van der Waals surface area contributed by atoms with Crippen LogP contribution in [0, 0.1) is 0 Å². The molecular weight excluding hydrogens is 148 g/mol. The second-order valence-electron chi connectivity index (χ2n) is 1.23. The van der Waals surface area contributed by atoms with E-state index in [9.17, 15) is 0 Å². The number of aliphatic hydroxyl groups is 2. The summed E-state index contributed by atoms with van der Waals surface area (Å²) in [6.45, 7) is 7.42. The first kappa shape index (κ1) is 16.9. The zero-order valence-corrected chi connectivity index (χ0v) is 7.25. The first-order valence-electron chi connectivity index (χ1n) is 3.41. The molecule has 0 saturated carbocycles. The maximum absolute atomic E-state index is 8.00. The Morgan fingerprint density at radius 3 is 1.36 bits per heavy atom. The number of ether oxygens (including phenoxy) is 1. The lowest BCUT2D eigenvalue weighted by atomic mass is 10.8. The van der Waals surface area contributed by atoms with E-state index in [2.05, 4.69) is 0 Å². The summed E-state index contributed by atoms with van der Waals surface area (Å²) in [7, 11) is 0. The highest BCUT2D eigenvalue weighted by Gasteiger charge is 1.64. The molecule has 4 heteroatoms. The van der Waals surface area contributed by atoms with Crippen LogP contribution in [-0.2, 0) is 9.53 Å². The van der Waals surface area contributed by atoms with Crippen molar-refractivity contribution in [3.05, 3.63) is 0 Å². The van der Waals surface area contributed by atoms with Gasteiger partial charge in [0.1, 0.15) is 6.79 Å². The molecule has 0 spiro atoms. The predicted molar refractivity (Wildman–Crippen MR) is 43.5 cm³/mol. The van der Waals surface area contributed by atoms with Gasteiger partial charge in [-0.25, -0.2) is 0 Å². The SMILES string of the molecule is C=O.CCOCC.OCCO. The van der Waals surface area contributed by atoms with Crippen molar-refractivity contribution in [3.8, 4) is 0 Å². The number of carbonyl (C=O) groups excluding carboxylic acids is 1. The minimum absolute atomic E-state index is 0.125. The predicted octanol–water partition coefficient (Wildman–Crippen LogP) is -0.171. The number of hydrogen-bond acceptors (Lipinski definition) is 4. The second kappa shape index (κ2) is 33.7. The van der Waals surface area contributed by atoms with Gasteiger partial charge in [-0.05, 0) is 13.8 Å². The van der Waals surface area contributed by atoms with Gasteiger partial charge in [0, 0.05) is 13.2 Å². The third-order valence-electron chi connectivity index (χ3n) is 0.508. The van der Waals surface area contributed by atoms with Gasteiger partial charge in [0.05, 0.1) is 13.2 Å². The van der Waals surface area contributed by atoms with Crippen LogP contribution in [0.15, 0.2) is 0 Å². The Labute approximate surface area is 67.8 Å². The molecule has 0 aliphatic heterocycles. The van der Waals surface area contributed by atoms with Crippen LogP contribution in [-0.4, -0.2) is 43.4 Å². The second-order valence-corrected chi connectivity index (χ2v) is 1.23. The van der Waals surface area contributed by atoms with E-state index in [0.29, 0.717) is 0 Å². The number of carbonyl (C=O) groups is 1. The smallest absolute Gasteiger partial charge is 0.106 e. The molecule has 0 heterocycles. The zero-order valence-electron chi connectivity index (χ0n) is 7.25. The molecule has 0 aliphatic carbocycles. The lowest BCUT2D eigenvalue weighted by Crippen LogP contribution is -1.85. The summed E-state index contributed by atoms with van der Waals surface area (Å²) >= 11 is 0. The van der Waals surface area contributed by atoms with Gasteiger partial charge in [-0.3, -0.25) is 0 Å². The average Bonchev–Trinajstić information content (AvgIpc) is 2.10.